The molecule has 0 saturated heterocycles. The van der Waals surface area contributed by atoms with Gasteiger partial charge in [0.1, 0.15) is 12.4 Å². The second-order valence-corrected chi connectivity index (χ2v) is 5.77. The van der Waals surface area contributed by atoms with Crippen LogP contribution in [0.1, 0.15) is 16.7 Å². The maximum Gasteiger partial charge on any atom is 0.254 e. The van der Waals surface area contributed by atoms with E-state index in [1.807, 2.05) is 36.4 Å². The summed E-state index contributed by atoms with van der Waals surface area (Å²) < 4.78 is 7.30. The SMILES string of the molecule is O=c1cc(OCc2cccnc2)ccn1CCc1ccc(CO)cc1. The Bertz CT molecular complexity index is 858. The number of hydrogen-bond acceptors (Lipinski definition) is 4. The number of aryl methyl sites for hydroxylation is 2. The highest BCUT2D eigenvalue weighted by molar-refractivity contribution is 5.22. The van der Waals surface area contributed by atoms with Crippen molar-refractivity contribution >= 4 is 0 Å². The van der Waals surface area contributed by atoms with Gasteiger partial charge in [0.25, 0.3) is 5.56 Å². The van der Waals surface area contributed by atoms with E-state index in [2.05, 4.69) is 4.98 Å². The van der Waals surface area contributed by atoms with Gasteiger partial charge >= 0.3 is 0 Å². The van der Waals surface area contributed by atoms with Crippen LogP contribution in [0.2, 0.25) is 0 Å². The minimum absolute atomic E-state index is 0.0419. The zero-order chi connectivity index (χ0) is 17.5. The first kappa shape index (κ1) is 16.9. The Morgan fingerprint density at radius 2 is 1.84 bits per heavy atom. The van der Waals surface area contributed by atoms with E-state index in [1.165, 1.54) is 6.07 Å². The van der Waals surface area contributed by atoms with Crippen molar-refractivity contribution in [3.63, 3.8) is 0 Å². The monoisotopic (exact) mass is 336 g/mol. The van der Waals surface area contributed by atoms with Crippen molar-refractivity contribution in [1.82, 2.24) is 9.55 Å². The number of benzene rings is 1. The topological polar surface area (TPSA) is 64.3 Å². The number of rotatable bonds is 7. The van der Waals surface area contributed by atoms with E-state index in [-0.39, 0.29) is 12.2 Å². The van der Waals surface area contributed by atoms with E-state index >= 15 is 0 Å². The Hall–Kier alpha value is -2.92. The molecule has 0 aliphatic rings. The third-order valence-corrected chi connectivity index (χ3v) is 3.94. The molecule has 5 heteroatoms. The normalized spacial score (nSPS) is 10.6. The summed E-state index contributed by atoms with van der Waals surface area (Å²) in [6.45, 7) is 1.02. The summed E-state index contributed by atoms with van der Waals surface area (Å²) >= 11 is 0. The van der Waals surface area contributed by atoms with E-state index in [1.54, 1.807) is 29.2 Å². The predicted molar refractivity (Wildman–Crippen MR) is 95.3 cm³/mol. The van der Waals surface area contributed by atoms with Crippen LogP contribution in [-0.4, -0.2) is 14.7 Å². The van der Waals surface area contributed by atoms with E-state index in [9.17, 15) is 4.79 Å². The molecule has 1 aromatic carbocycles. The van der Waals surface area contributed by atoms with Gasteiger partial charge < -0.3 is 14.4 Å². The zero-order valence-corrected chi connectivity index (χ0v) is 13.8. The molecule has 5 nitrogen and oxygen atoms in total. The molecule has 0 atom stereocenters. The fourth-order valence-electron chi connectivity index (χ4n) is 2.48. The van der Waals surface area contributed by atoms with Crippen LogP contribution in [0.5, 0.6) is 5.75 Å². The number of pyridine rings is 2. The van der Waals surface area contributed by atoms with Crippen LogP contribution < -0.4 is 10.3 Å². The van der Waals surface area contributed by atoms with Crippen LogP contribution in [0.15, 0.2) is 71.9 Å². The Labute approximate surface area is 146 Å². The standard InChI is InChI=1S/C20H20N2O3/c23-14-17-5-3-16(4-6-17)7-10-22-11-8-19(12-20(22)24)25-15-18-2-1-9-21-13-18/h1-6,8-9,11-13,23H,7,10,14-15H2. The molecule has 0 unspecified atom stereocenters. The summed E-state index contributed by atoms with van der Waals surface area (Å²) in [5.41, 5.74) is 2.88. The molecular weight excluding hydrogens is 316 g/mol. The molecule has 0 fully saturated rings. The first-order valence-corrected chi connectivity index (χ1v) is 8.15. The zero-order valence-electron chi connectivity index (χ0n) is 13.8. The Morgan fingerprint density at radius 1 is 1.04 bits per heavy atom. The van der Waals surface area contributed by atoms with Crippen LogP contribution in [0.4, 0.5) is 0 Å². The van der Waals surface area contributed by atoms with Gasteiger partial charge in [0.2, 0.25) is 0 Å². The van der Waals surface area contributed by atoms with Gasteiger partial charge in [-0.1, -0.05) is 30.3 Å². The van der Waals surface area contributed by atoms with Crippen molar-refractivity contribution < 1.29 is 9.84 Å². The molecule has 25 heavy (non-hydrogen) atoms. The lowest BCUT2D eigenvalue weighted by atomic mass is 10.1. The summed E-state index contributed by atoms with van der Waals surface area (Å²) in [6, 6.07) is 14.8. The van der Waals surface area contributed by atoms with Crippen molar-refractivity contribution in [3.8, 4) is 5.75 Å². The molecule has 0 aliphatic carbocycles. The van der Waals surface area contributed by atoms with Crippen molar-refractivity contribution in [1.29, 1.82) is 0 Å². The van der Waals surface area contributed by atoms with E-state index < -0.39 is 0 Å². The van der Waals surface area contributed by atoms with Gasteiger partial charge in [0, 0.05) is 36.8 Å². The molecular formula is C20H20N2O3. The molecule has 0 bridgehead atoms. The maximum atomic E-state index is 12.2. The third-order valence-electron chi connectivity index (χ3n) is 3.94. The first-order chi connectivity index (χ1) is 12.2. The summed E-state index contributed by atoms with van der Waals surface area (Å²) in [7, 11) is 0. The quantitative estimate of drug-likeness (QED) is 0.720. The molecule has 3 aromatic rings. The molecule has 2 aromatic heterocycles. The Morgan fingerprint density at radius 3 is 2.52 bits per heavy atom. The molecule has 1 N–H and O–H groups in total. The van der Waals surface area contributed by atoms with Gasteiger partial charge in [-0.05, 0) is 29.7 Å². The van der Waals surface area contributed by atoms with Crippen LogP contribution in [-0.2, 0) is 26.2 Å². The smallest absolute Gasteiger partial charge is 0.254 e. The third kappa shape index (κ3) is 4.78. The highest BCUT2D eigenvalue weighted by Crippen LogP contribution is 2.10. The highest BCUT2D eigenvalue weighted by atomic mass is 16.5. The van der Waals surface area contributed by atoms with Gasteiger partial charge in [-0.2, -0.15) is 0 Å². The van der Waals surface area contributed by atoms with Crippen LogP contribution in [0, 0.1) is 0 Å². The molecule has 2 heterocycles. The van der Waals surface area contributed by atoms with Crippen molar-refractivity contribution in [2.75, 3.05) is 0 Å². The first-order valence-electron chi connectivity index (χ1n) is 8.15. The maximum absolute atomic E-state index is 12.2. The van der Waals surface area contributed by atoms with Crippen molar-refractivity contribution in [2.45, 2.75) is 26.2 Å². The average Bonchev–Trinajstić information content (AvgIpc) is 2.67. The number of aliphatic hydroxyl groups excluding tert-OH is 1. The number of aromatic nitrogens is 2. The van der Waals surface area contributed by atoms with Crippen molar-refractivity contribution in [3.05, 3.63) is 94.2 Å². The van der Waals surface area contributed by atoms with Gasteiger partial charge in [-0.3, -0.25) is 9.78 Å². The van der Waals surface area contributed by atoms with E-state index in [0.717, 1.165) is 23.1 Å². The van der Waals surface area contributed by atoms with Gasteiger partial charge in [0.05, 0.1) is 6.61 Å². The lowest BCUT2D eigenvalue weighted by molar-refractivity contribution is 0.282. The van der Waals surface area contributed by atoms with Crippen LogP contribution in [0.25, 0.3) is 0 Å². The second-order valence-electron chi connectivity index (χ2n) is 5.77. The summed E-state index contributed by atoms with van der Waals surface area (Å²) in [5.74, 6) is 0.553. The fraction of sp³-hybridized carbons (Fsp3) is 0.200. The Kier molecular flexibility index (Phi) is 5.59. The van der Waals surface area contributed by atoms with Crippen molar-refractivity contribution in [2.24, 2.45) is 0 Å². The second kappa shape index (κ2) is 8.26. The molecule has 0 amide bonds. The summed E-state index contributed by atoms with van der Waals surface area (Å²) in [6.07, 6.45) is 5.95. The predicted octanol–water partition coefficient (Wildman–Crippen LogP) is 2.56. The molecule has 0 radical (unpaired) electrons. The lowest BCUT2D eigenvalue weighted by Gasteiger charge is -2.09. The Balaban J connectivity index is 1.58. The van der Waals surface area contributed by atoms with E-state index in [4.69, 9.17) is 9.84 Å². The number of hydrogen-bond donors (Lipinski definition) is 1. The summed E-state index contributed by atoms with van der Waals surface area (Å²) in [4.78, 5) is 16.2. The molecule has 0 saturated carbocycles. The van der Waals surface area contributed by atoms with Crippen LogP contribution >= 0.6 is 0 Å². The molecule has 3 rings (SSSR count). The van der Waals surface area contributed by atoms with Crippen LogP contribution in [0.3, 0.4) is 0 Å². The molecule has 0 aliphatic heterocycles. The minimum atomic E-state index is -0.0873. The molecule has 128 valence electrons. The fourth-order valence-corrected chi connectivity index (χ4v) is 2.48. The van der Waals surface area contributed by atoms with Gasteiger partial charge in [-0.25, -0.2) is 0 Å². The summed E-state index contributed by atoms with van der Waals surface area (Å²) in [5, 5.41) is 9.05. The average molecular weight is 336 g/mol. The molecule has 0 spiro atoms. The lowest BCUT2D eigenvalue weighted by Crippen LogP contribution is -2.19. The number of nitrogens with zero attached hydrogens (tertiary/aromatic N) is 2. The van der Waals surface area contributed by atoms with E-state index in [0.29, 0.717) is 18.9 Å². The van der Waals surface area contributed by atoms with Gasteiger partial charge in [-0.15, -0.1) is 0 Å². The number of ether oxygens (including phenoxy) is 1. The highest BCUT2D eigenvalue weighted by Gasteiger charge is 2.02. The number of aliphatic hydroxyl groups is 1. The minimum Gasteiger partial charge on any atom is -0.489 e. The largest absolute Gasteiger partial charge is 0.489 e. The van der Waals surface area contributed by atoms with Gasteiger partial charge in [0.15, 0.2) is 0 Å².